The summed E-state index contributed by atoms with van der Waals surface area (Å²) in [5, 5.41) is 12.2. The summed E-state index contributed by atoms with van der Waals surface area (Å²) < 4.78 is 0. The molecule has 112 valence electrons. The molecule has 21 heavy (non-hydrogen) atoms. The van der Waals surface area contributed by atoms with Gasteiger partial charge in [-0.05, 0) is 11.5 Å². The average molecular weight is 288 g/mol. The summed E-state index contributed by atoms with van der Waals surface area (Å²) in [5.74, 6) is -0.0496. The number of benzene rings is 1. The van der Waals surface area contributed by atoms with Gasteiger partial charge < -0.3 is 15.3 Å². The molecule has 0 saturated carbocycles. The van der Waals surface area contributed by atoms with Gasteiger partial charge in [0.15, 0.2) is 0 Å². The van der Waals surface area contributed by atoms with Crippen molar-refractivity contribution in [3.8, 4) is 0 Å². The molecule has 3 atom stereocenters. The highest BCUT2D eigenvalue weighted by Gasteiger charge is 2.46. The normalized spacial score (nSPS) is 27.6. The molecule has 2 fully saturated rings. The summed E-state index contributed by atoms with van der Waals surface area (Å²) in [4.78, 5) is 25.0. The van der Waals surface area contributed by atoms with E-state index in [-0.39, 0.29) is 24.8 Å². The Hall–Kier alpha value is -1.88. The van der Waals surface area contributed by atoms with Crippen LogP contribution in [0.5, 0.6) is 0 Å². The van der Waals surface area contributed by atoms with E-state index in [9.17, 15) is 9.59 Å². The van der Waals surface area contributed by atoms with E-state index in [0.717, 1.165) is 25.2 Å². The van der Waals surface area contributed by atoms with Gasteiger partial charge in [0.25, 0.3) is 0 Å². The summed E-state index contributed by atoms with van der Waals surface area (Å²) in [6.07, 6.45) is -0.00401. The zero-order chi connectivity index (χ0) is 14.8. The Morgan fingerprint density at radius 2 is 1.95 bits per heavy atom. The van der Waals surface area contributed by atoms with Gasteiger partial charge in [-0.25, -0.2) is 0 Å². The monoisotopic (exact) mass is 288 g/mol. The van der Waals surface area contributed by atoms with Crippen molar-refractivity contribution in [2.24, 2.45) is 11.8 Å². The van der Waals surface area contributed by atoms with Crippen molar-refractivity contribution in [1.82, 2.24) is 10.2 Å². The summed E-state index contributed by atoms with van der Waals surface area (Å²) in [7, 11) is 0. The lowest BCUT2D eigenvalue weighted by atomic mass is 9.89. The number of hydrogen-bond acceptors (Lipinski definition) is 3. The van der Waals surface area contributed by atoms with Gasteiger partial charge in [-0.3, -0.25) is 9.59 Å². The number of carbonyl (C=O) groups excluding carboxylic acids is 1. The van der Waals surface area contributed by atoms with Crippen LogP contribution in [-0.4, -0.2) is 41.5 Å². The van der Waals surface area contributed by atoms with Crippen molar-refractivity contribution < 1.29 is 14.7 Å². The maximum absolute atomic E-state index is 12.4. The number of carboxylic acid groups (broad SMARTS) is 1. The maximum atomic E-state index is 12.4. The lowest BCUT2D eigenvalue weighted by molar-refractivity contribution is -0.141. The van der Waals surface area contributed by atoms with E-state index in [1.165, 1.54) is 0 Å². The molecule has 3 rings (SSSR count). The Morgan fingerprint density at radius 3 is 2.67 bits per heavy atom. The van der Waals surface area contributed by atoms with E-state index in [0.29, 0.717) is 11.8 Å². The number of carbonyl (C=O) groups is 2. The molecule has 0 unspecified atom stereocenters. The Bertz CT molecular complexity index is 532. The number of fused-ring (bicyclic) bond motifs is 1. The molecule has 1 aromatic rings. The Kier molecular flexibility index (Phi) is 3.92. The van der Waals surface area contributed by atoms with Crippen LogP contribution >= 0.6 is 0 Å². The first-order chi connectivity index (χ1) is 10.2. The molecule has 0 bridgehead atoms. The summed E-state index contributed by atoms with van der Waals surface area (Å²) in [6, 6.07) is 10.1. The third kappa shape index (κ3) is 2.78. The first kappa shape index (κ1) is 14.1. The van der Waals surface area contributed by atoms with Crippen molar-refractivity contribution in [3.63, 3.8) is 0 Å². The van der Waals surface area contributed by atoms with Gasteiger partial charge in [0.1, 0.15) is 0 Å². The number of aliphatic carboxylic acids is 1. The van der Waals surface area contributed by atoms with E-state index in [1.54, 1.807) is 0 Å². The molecule has 0 aromatic heterocycles. The lowest BCUT2D eigenvalue weighted by Crippen LogP contribution is -2.34. The van der Waals surface area contributed by atoms with Crippen LogP contribution in [-0.2, 0) is 9.59 Å². The third-order valence-corrected chi connectivity index (χ3v) is 4.58. The topological polar surface area (TPSA) is 69.6 Å². The van der Waals surface area contributed by atoms with Crippen molar-refractivity contribution in [2.75, 3.05) is 19.6 Å². The van der Waals surface area contributed by atoms with Crippen LogP contribution < -0.4 is 5.32 Å². The standard InChI is InChI=1S/C16H20N2O3/c19-14(6-7-15(20)21)18-10-12-8-17-9-13(12)16(18)11-4-2-1-3-5-11/h1-5,12-13,16-17H,6-10H2,(H,20,21)/t12-,13-,16-/m0/s1. The smallest absolute Gasteiger partial charge is 0.303 e. The predicted molar refractivity (Wildman–Crippen MR) is 77.6 cm³/mol. The molecule has 5 heteroatoms. The Balaban J connectivity index is 1.81. The van der Waals surface area contributed by atoms with Gasteiger partial charge in [0.05, 0.1) is 12.5 Å². The molecular weight excluding hydrogens is 268 g/mol. The number of amides is 1. The van der Waals surface area contributed by atoms with E-state index in [4.69, 9.17) is 5.11 Å². The molecule has 1 amide bonds. The highest BCUT2D eigenvalue weighted by Crippen LogP contribution is 2.42. The van der Waals surface area contributed by atoms with E-state index in [2.05, 4.69) is 17.4 Å². The summed E-state index contributed by atoms with van der Waals surface area (Å²) >= 11 is 0. The zero-order valence-electron chi connectivity index (χ0n) is 11.9. The summed E-state index contributed by atoms with van der Waals surface area (Å²) in [5.41, 5.74) is 1.15. The van der Waals surface area contributed by atoms with Crippen LogP contribution in [0.25, 0.3) is 0 Å². The molecule has 2 aliphatic heterocycles. The second-order valence-corrected chi connectivity index (χ2v) is 5.88. The highest BCUT2D eigenvalue weighted by atomic mass is 16.4. The quantitative estimate of drug-likeness (QED) is 0.875. The van der Waals surface area contributed by atoms with Gasteiger partial charge in [-0.2, -0.15) is 0 Å². The van der Waals surface area contributed by atoms with E-state index < -0.39 is 5.97 Å². The predicted octanol–water partition coefficient (Wildman–Crippen LogP) is 1.27. The number of nitrogens with one attached hydrogen (secondary N) is 1. The zero-order valence-corrected chi connectivity index (χ0v) is 11.9. The molecule has 2 N–H and O–H groups in total. The molecule has 2 heterocycles. The molecule has 0 radical (unpaired) electrons. The number of carboxylic acids is 1. The molecule has 0 aliphatic carbocycles. The van der Waals surface area contributed by atoms with Crippen LogP contribution in [0.15, 0.2) is 30.3 Å². The fourth-order valence-corrected chi connectivity index (χ4v) is 3.61. The molecular formula is C16H20N2O3. The number of likely N-dealkylation sites (tertiary alicyclic amines) is 1. The van der Waals surface area contributed by atoms with Crippen molar-refractivity contribution >= 4 is 11.9 Å². The second-order valence-electron chi connectivity index (χ2n) is 5.88. The first-order valence-electron chi connectivity index (χ1n) is 7.43. The molecule has 0 spiro atoms. The first-order valence-corrected chi connectivity index (χ1v) is 7.43. The van der Waals surface area contributed by atoms with Crippen LogP contribution in [0.3, 0.4) is 0 Å². The molecule has 5 nitrogen and oxygen atoms in total. The summed E-state index contributed by atoms with van der Waals surface area (Å²) in [6.45, 7) is 2.60. The van der Waals surface area contributed by atoms with Gasteiger partial charge in [-0.15, -0.1) is 0 Å². The van der Waals surface area contributed by atoms with Gasteiger partial charge in [-0.1, -0.05) is 30.3 Å². The van der Waals surface area contributed by atoms with Crippen LogP contribution in [0.1, 0.15) is 24.4 Å². The van der Waals surface area contributed by atoms with E-state index >= 15 is 0 Å². The minimum Gasteiger partial charge on any atom is -0.481 e. The second kappa shape index (κ2) is 5.85. The van der Waals surface area contributed by atoms with Gasteiger partial charge in [0.2, 0.25) is 5.91 Å². The molecule has 1 aromatic carbocycles. The number of hydrogen-bond donors (Lipinski definition) is 2. The minimum atomic E-state index is -0.916. The fourth-order valence-electron chi connectivity index (χ4n) is 3.61. The van der Waals surface area contributed by atoms with Crippen molar-refractivity contribution in [1.29, 1.82) is 0 Å². The van der Waals surface area contributed by atoms with Crippen molar-refractivity contribution in [2.45, 2.75) is 18.9 Å². The third-order valence-electron chi connectivity index (χ3n) is 4.58. The lowest BCUT2D eigenvalue weighted by Gasteiger charge is -2.28. The Morgan fingerprint density at radius 1 is 1.19 bits per heavy atom. The number of rotatable bonds is 4. The van der Waals surface area contributed by atoms with Crippen LogP contribution in [0.4, 0.5) is 0 Å². The maximum Gasteiger partial charge on any atom is 0.303 e. The van der Waals surface area contributed by atoms with Gasteiger partial charge in [0, 0.05) is 32.0 Å². The minimum absolute atomic E-state index is 0.0411. The van der Waals surface area contributed by atoms with E-state index in [1.807, 2.05) is 23.1 Å². The molecule has 2 aliphatic rings. The number of nitrogens with zero attached hydrogens (tertiary/aromatic N) is 1. The van der Waals surface area contributed by atoms with Crippen molar-refractivity contribution in [3.05, 3.63) is 35.9 Å². The SMILES string of the molecule is O=C(O)CCC(=O)N1C[C@@H]2CNC[C@@H]2[C@@H]1c1ccccc1. The van der Waals surface area contributed by atoms with Crippen LogP contribution in [0, 0.1) is 11.8 Å². The average Bonchev–Trinajstić information content (AvgIpc) is 3.05. The van der Waals surface area contributed by atoms with Gasteiger partial charge >= 0.3 is 5.97 Å². The fraction of sp³-hybridized carbons (Fsp3) is 0.500. The van der Waals surface area contributed by atoms with Crippen LogP contribution in [0.2, 0.25) is 0 Å². The largest absolute Gasteiger partial charge is 0.481 e. The molecule has 2 saturated heterocycles. The Labute approximate surface area is 123 Å². The highest BCUT2D eigenvalue weighted by molar-refractivity contribution is 5.81.